The van der Waals surface area contributed by atoms with Gasteiger partial charge in [-0.25, -0.2) is 8.42 Å². The molecule has 1 amide bonds. The molecule has 2 aromatic rings. The van der Waals surface area contributed by atoms with Crippen LogP contribution < -0.4 is 0 Å². The Hall–Kier alpha value is -1.79. The van der Waals surface area contributed by atoms with Gasteiger partial charge >= 0.3 is 0 Å². The molecule has 0 unspecified atom stereocenters. The minimum Gasteiger partial charge on any atom is -0.337 e. The number of thioether (sulfide) groups is 1. The highest BCUT2D eigenvalue weighted by molar-refractivity contribution is 7.99. The van der Waals surface area contributed by atoms with E-state index in [9.17, 15) is 13.2 Å². The predicted molar refractivity (Wildman–Crippen MR) is 101 cm³/mol. The van der Waals surface area contributed by atoms with Crippen molar-refractivity contribution in [3.05, 3.63) is 60.2 Å². The lowest BCUT2D eigenvalue weighted by Gasteiger charge is -2.18. The number of hydrogen-bond acceptors (Lipinski definition) is 4. The Bertz CT molecular complexity index is 850. The molecule has 1 atom stereocenters. The SMILES string of the molecule is CCSc1ccccc1C(=O)N1CC[C@H](S(=O)(=O)c2ccccc2)C1. The first-order chi connectivity index (χ1) is 12.0. The summed E-state index contributed by atoms with van der Waals surface area (Å²) in [6.45, 7) is 2.77. The van der Waals surface area contributed by atoms with Crippen molar-refractivity contribution in [3.8, 4) is 0 Å². The molecule has 6 heteroatoms. The van der Waals surface area contributed by atoms with Gasteiger partial charge in [0.2, 0.25) is 0 Å². The van der Waals surface area contributed by atoms with Gasteiger partial charge in [-0.05, 0) is 36.4 Å². The molecule has 3 rings (SSSR count). The molecule has 25 heavy (non-hydrogen) atoms. The maximum Gasteiger partial charge on any atom is 0.255 e. The maximum absolute atomic E-state index is 12.9. The first-order valence-electron chi connectivity index (χ1n) is 8.34. The second kappa shape index (κ2) is 7.62. The van der Waals surface area contributed by atoms with Crippen LogP contribution in [-0.4, -0.2) is 43.3 Å². The fourth-order valence-corrected chi connectivity index (χ4v) is 5.57. The van der Waals surface area contributed by atoms with E-state index >= 15 is 0 Å². The number of nitrogens with zero attached hydrogens (tertiary/aromatic N) is 1. The molecule has 1 fully saturated rings. The Balaban J connectivity index is 1.78. The Morgan fingerprint density at radius 2 is 1.80 bits per heavy atom. The first-order valence-corrected chi connectivity index (χ1v) is 10.9. The number of likely N-dealkylation sites (tertiary alicyclic amines) is 1. The van der Waals surface area contributed by atoms with Crippen LogP contribution in [0.4, 0.5) is 0 Å². The third kappa shape index (κ3) is 3.75. The zero-order valence-electron chi connectivity index (χ0n) is 14.1. The van der Waals surface area contributed by atoms with Crippen LogP contribution in [0.3, 0.4) is 0 Å². The van der Waals surface area contributed by atoms with Crippen LogP contribution >= 0.6 is 11.8 Å². The normalized spacial score (nSPS) is 17.6. The van der Waals surface area contributed by atoms with Crippen LogP contribution in [0.5, 0.6) is 0 Å². The quantitative estimate of drug-likeness (QED) is 0.751. The minimum absolute atomic E-state index is 0.0812. The number of benzene rings is 2. The lowest BCUT2D eigenvalue weighted by molar-refractivity contribution is 0.0790. The lowest BCUT2D eigenvalue weighted by Crippen LogP contribution is -2.32. The van der Waals surface area contributed by atoms with Crippen molar-refractivity contribution >= 4 is 27.5 Å². The van der Waals surface area contributed by atoms with Gasteiger partial charge in [0.05, 0.1) is 15.7 Å². The number of sulfone groups is 1. The highest BCUT2D eigenvalue weighted by atomic mass is 32.2. The second-order valence-electron chi connectivity index (χ2n) is 5.95. The Morgan fingerprint density at radius 1 is 1.12 bits per heavy atom. The van der Waals surface area contributed by atoms with Gasteiger partial charge in [0, 0.05) is 18.0 Å². The van der Waals surface area contributed by atoms with E-state index in [-0.39, 0.29) is 12.5 Å². The van der Waals surface area contributed by atoms with Crippen LogP contribution in [0.25, 0.3) is 0 Å². The summed E-state index contributed by atoms with van der Waals surface area (Å²) in [4.78, 5) is 15.8. The Kier molecular flexibility index (Phi) is 5.49. The van der Waals surface area contributed by atoms with Crippen LogP contribution in [-0.2, 0) is 9.84 Å². The molecule has 1 heterocycles. The first kappa shape index (κ1) is 18.0. The van der Waals surface area contributed by atoms with Gasteiger partial charge in [-0.1, -0.05) is 37.3 Å². The molecule has 1 aliphatic rings. The molecule has 0 spiro atoms. The van der Waals surface area contributed by atoms with Crippen LogP contribution in [0.2, 0.25) is 0 Å². The van der Waals surface area contributed by atoms with Gasteiger partial charge in [-0.2, -0.15) is 0 Å². The standard InChI is InChI=1S/C19H21NO3S2/c1-2-24-18-11-7-6-10-17(18)19(21)20-13-12-16(14-20)25(22,23)15-8-4-3-5-9-15/h3-11,16H,2,12-14H2,1H3/t16-/m0/s1. The van der Waals surface area contributed by atoms with Crippen molar-refractivity contribution in [2.45, 2.75) is 28.4 Å². The van der Waals surface area contributed by atoms with E-state index in [0.717, 1.165) is 10.6 Å². The molecule has 1 aliphatic heterocycles. The van der Waals surface area contributed by atoms with Crippen molar-refractivity contribution in [2.75, 3.05) is 18.8 Å². The third-order valence-corrected chi connectivity index (χ3v) is 7.51. The summed E-state index contributed by atoms with van der Waals surface area (Å²) in [5.41, 5.74) is 0.659. The van der Waals surface area contributed by atoms with E-state index in [1.807, 2.05) is 31.2 Å². The largest absolute Gasteiger partial charge is 0.337 e. The molecular weight excluding hydrogens is 354 g/mol. The molecule has 0 aliphatic carbocycles. The van der Waals surface area contributed by atoms with Crippen LogP contribution in [0.15, 0.2) is 64.4 Å². The zero-order valence-corrected chi connectivity index (χ0v) is 15.7. The third-order valence-electron chi connectivity index (χ3n) is 4.36. The van der Waals surface area contributed by atoms with Crippen LogP contribution in [0, 0.1) is 0 Å². The van der Waals surface area contributed by atoms with Gasteiger partial charge in [0.15, 0.2) is 9.84 Å². The summed E-state index contributed by atoms with van der Waals surface area (Å²) < 4.78 is 25.5. The molecule has 2 aromatic carbocycles. The van der Waals surface area contributed by atoms with Crippen molar-refractivity contribution in [1.29, 1.82) is 0 Å². The molecular formula is C19H21NO3S2. The summed E-state index contributed by atoms with van der Waals surface area (Å²) in [5.74, 6) is 0.803. The van der Waals surface area contributed by atoms with Crippen molar-refractivity contribution in [3.63, 3.8) is 0 Å². The van der Waals surface area contributed by atoms with E-state index < -0.39 is 15.1 Å². The fourth-order valence-electron chi connectivity index (χ4n) is 3.06. The molecule has 1 saturated heterocycles. The number of carbonyl (C=O) groups is 1. The van der Waals surface area contributed by atoms with Gasteiger partial charge in [-0.15, -0.1) is 11.8 Å². The van der Waals surface area contributed by atoms with E-state index in [4.69, 9.17) is 0 Å². The molecule has 132 valence electrons. The lowest BCUT2D eigenvalue weighted by atomic mass is 10.2. The molecule has 0 aromatic heterocycles. The van der Waals surface area contributed by atoms with Crippen molar-refractivity contribution < 1.29 is 13.2 Å². The number of hydrogen-bond donors (Lipinski definition) is 0. The average molecular weight is 376 g/mol. The van der Waals surface area contributed by atoms with Gasteiger partial charge in [0.1, 0.15) is 0 Å². The predicted octanol–water partition coefficient (Wildman–Crippen LogP) is 3.49. The van der Waals surface area contributed by atoms with Gasteiger partial charge < -0.3 is 4.90 Å². The van der Waals surface area contributed by atoms with E-state index in [1.54, 1.807) is 47.0 Å². The number of carbonyl (C=O) groups excluding carboxylic acids is 1. The van der Waals surface area contributed by atoms with E-state index in [0.29, 0.717) is 23.4 Å². The second-order valence-corrected chi connectivity index (χ2v) is 9.48. The fraction of sp³-hybridized carbons (Fsp3) is 0.316. The van der Waals surface area contributed by atoms with Crippen molar-refractivity contribution in [2.24, 2.45) is 0 Å². The highest BCUT2D eigenvalue weighted by Gasteiger charge is 2.36. The molecule has 0 bridgehead atoms. The summed E-state index contributed by atoms with van der Waals surface area (Å²) in [6, 6.07) is 16.0. The molecule has 0 radical (unpaired) electrons. The average Bonchev–Trinajstić information content (AvgIpc) is 3.14. The Morgan fingerprint density at radius 3 is 2.52 bits per heavy atom. The number of rotatable bonds is 5. The maximum atomic E-state index is 12.9. The van der Waals surface area contributed by atoms with E-state index in [1.165, 1.54) is 0 Å². The molecule has 4 nitrogen and oxygen atoms in total. The van der Waals surface area contributed by atoms with Crippen molar-refractivity contribution in [1.82, 2.24) is 4.90 Å². The minimum atomic E-state index is -3.41. The van der Waals surface area contributed by atoms with E-state index in [2.05, 4.69) is 0 Å². The van der Waals surface area contributed by atoms with Crippen LogP contribution in [0.1, 0.15) is 23.7 Å². The summed E-state index contributed by atoms with van der Waals surface area (Å²) in [6.07, 6.45) is 0.478. The monoisotopic (exact) mass is 375 g/mol. The zero-order chi connectivity index (χ0) is 17.9. The smallest absolute Gasteiger partial charge is 0.255 e. The highest BCUT2D eigenvalue weighted by Crippen LogP contribution is 2.28. The summed E-state index contributed by atoms with van der Waals surface area (Å²) in [7, 11) is -3.41. The van der Waals surface area contributed by atoms with Gasteiger partial charge in [-0.3, -0.25) is 4.79 Å². The summed E-state index contributed by atoms with van der Waals surface area (Å²) in [5, 5.41) is -0.537. The molecule has 0 N–H and O–H groups in total. The topological polar surface area (TPSA) is 54.5 Å². The van der Waals surface area contributed by atoms with Gasteiger partial charge in [0.25, 0.3) is 5.91 Å². The Labute approximate surface area is 153 Å². The number of amides is 1. The molecule has 0 saturated carbocycles. The summed E-state index contributed by atoms with van der Waals surface area (Å²) >= 11 is 1.63.